The van der Waals surface area contributed by atoms with Gasteiger partial charge in [-0.15, -0.1) is 0 Å². The predicted octanol–water partition coefficient (Wildman–Crippen LogP) is 3.04. The summed E-state index contributed by atoms with van der Waals surface area (Å²) >= 11 is 6.00. The number of hydrogen-bond acceptors (Lipinski definition) is 4. The first kappa shape index (κ1) is 16.6. The van der Waals surface area contributed by atoms with E-state index in [1.54, 1.807) is 4.90 Å². The molecule has 0 bridgehead atoms. The zero-order valence-corrected chi connectivity index (χ0v) is 14.8. The van der Waals surface area contributed by atoms with Crippen molar-refractivity contribution in [3.8, 4) is 11.1 Å². The van der Waals surface area contributed by atoms with Gasteiger partial charge >= 0.3 is 0 Å². The molecule has 0 saturated carbocycles. The number of benzene rings is 2. The molecule has 2 amide bonds. The van der Waals surface area contributed by atoms with E-state index in [1.807, 2.05) is 30.3 Å². The minimum Gasteiger partial charge on any atom is -0.410 e. The number of amides is 2. The lowest BCUT2D eigenvalue weighted by molar-refractivity contribution is -0.129. The van der Waals surface area contributed by atoms with Crippen LogP contribution in [0.15, 0.2) is 35.5 Å². The summed E-state index contributed by atoms with van der Waals surface area (Å²) in [6, 6.07) is 9.33. The number of oxime groups is 1. The number of carbonyl (C=O) groups excluding carboxylic acids is 2. The second-order valence-electron chi connectivity index (χ2n) is 6.40. The molecule has 2 aliphatic heterocycles. The van der Waals surface area contributed by atoms with Gasteiger partial charge in [0.2, 0.25) is 5.91 Å². The van der Waals surface area contributed by atoms with Crippen molar-refractivity contribution in [3.05, 3.63) is 52.0 Å². The van der Waals surface area contributed by atoms with E-state index in [1.165, 1.54) is 6.92 Å². The van der Waals surface area contributed by atoms with Crippen LogP contribution in [0.25, 0.3) is 11.1 Å². The Morgan fingerprint density at radius 2 is 1.96 bits per heavy atom. The Morgan fingerprint density at radius 1 is 1.23 bits per heavy atom. The van der Waals surface area contributed by atoms with Crippen LogP contribution in [0.1, 0.15) is 23.6 Å². The number of nitrogens with one attached hydrogen (secondary N) is 1. The Labute approximate surface area is 155 Å². The van der Waals surface area contributed by atoms with E-state index in [0.717, 1.165) is 22.3 Å². The highest BCUT2D eigenvalue weighted by Gasteiger charge is 2.34. The van der Waals surface area contributed by atoms with Crippen molar-refractivity contribution in [1.29, 1.82) is 0 Å². The molecule has 7 heteroatoms. The highest BCUT2D eigenvalue weighted by atomic mass is 35.5. The van der Waals surface area contributed by atoms with Crippen LogP contribution in [0, 0.1) is 0 Å². The van der Waals surface area contributed by atoms with Crippen molar-refractivity contribution in [1.82, 2.24) is 4.90 Å². The normalized spacial score (nSPS) is 17.1. The molecule has 0 unspecified atom stereocenters. The maximum atomic E-state index is 12.2. The van der Waals surface area contributed by atoms with Gasteiger partial charge in [-0.1, -0.05) is 28.9 Å². The van der Waals surface area contributed by atoms with Gasteiger partial charge in [-0.3, -0.25) is 9.59 Å². The maximum absolute atomic E-state index is 12.2. The van der Waals surface area contributed by atoms with Gasteiger partial charge in [0.1, 0.15) is 0 Å². The minimum absolute atomic E-state index is 0.0123. The average Bonchev–Trinajstić information content (AvgIpc) is 2.96. The molecule has 2 heterocycles. The molecule has 0 atom stereocenters. The van der Waals surface area contributed by atoms with E-state index >= 15 is 0 Å². The molecule has 0 aliphatic carbocycles. The molecule has 132 valence electrons. The Hall–Kier alpha value is -2.86. The van der Waals surface area contributed by atoms with Crippen LogP contribution in [0.5, 0.6) is 0 Å². The maximum Gasteiger partial charge on any atom is 0.278 e. The van der Waals surface area contributed by atoms with Crippen molar-refractivity contribution >= 4 is 34.8 Å². The van der Waals surface area contributed by atoms with Gasteiger partial charge in [-0.05, 0) is 46.9 Å². The molecule has 2 aromatic carbocycles. The Balaban J connectivity index is 1.95. The summed E-state index contributed by atoms with van der Waals surface area (Å²) in [5.74, 6) is -0.459. The van der Waals surface area contributed by atoms with Gasteiger partial charge < -0.3 is 15.4 Å². The fourth-order valence-corrected chi connectivity index (χ4v) is 3.76. The first-order chi connectivity index (χ1) is 12.5. The summed E-state index contributed by atoms with van der Waals surface area (Å²) in [7, 11) is 0. The molecule has 2 aromatic rings. The smallest absolute Gasteiger partial charge is 0.278 e. The molecule has 2 aliphatic rings. The van der Waals surface area contributed by atoms with Crippen LogP contribution < -0.4 is 5.32 Å². The third kappa shape index (κ3) is 2.54. The van der Waals surface area contributed by atoms with E-state index in [4.69, 9.17) is 11.6 Å². The topological polar surface area (TPSA) is 82.0 Å². The Bertz CT molecular complexity index is 967. The fraction of sp³-hybridized carbons (Fsp3) is 0.211. The number of carbonyl (C=O) groups is 2. The summed E-state index contributed by atoms with van der Waals surface area (Å²) in [5.41, 5.74) is 5.05. The lowest BCUT2D eigenvalue weighted by Crippen LogP contribution is -2.35. The highest BCUT2D eigenvalue weighted by Crippen LogP contribution is 2.40. The largest absolute Gasteiger partial charge is 0.410 e. The van der Waals surface area contributed by atoms with Gasteiger partial charge in [0.25, 0.3) is 5.91 Å². The molecule has 0 fully saturated rings. The molecule has 0 radical (unpaired) electrons. The van der Waals surface area contributed by atoms with Crippen molar-refractivity contribution in [2.45, 2.75) is 19.9 Å². The zero-order chi connectivity index (χ0) is 18.4. The predicted molar refractivity (Wildman–Crippen MR) is 98.6 cm³/mol. The summed E-state index contributed by atoms with van der Waals surface area (Å²) in [5, 5.41) is 15.9. The third-order valence-electron chi connectivity index (χ3n) is 4.94. The van der Waals surface area contributed by atoms with Crippen LogP contribution in [0.3, 0.4) is 0 Å². The number of hydrogen-bond donors (Lipinski definition) is 2. The zero-order valence-electron chi connectivity index (χ0n) is 14.0. The van der Waals surface area contributed by atoms with Crippen LogP contribution in [-0.2, 0) is 22.6 Å². The lowest BCUT2D eigenvalue weighted by Gasteiger charge is -2.31. The number of fused-ring (bicyclic) bond motifs is 3. The van der Waals surface area contributed by atoms with E-state index in [0.29, 0.717) is 35.8 Å². The Kier molecular flexibility index (Phi) is 3.92. The number of anilines is 1. The van der Waals surface area contributed by atoms with E-state index < -0.39 is 5.91 Å². The number of nitrogens with zero attached hydrogens (tertiary/aromatic N) is 2. The summed E-state index contributed by atoms with van der Waals surface area (Å²) in [4.78, 5) is 25.7. The molecule has 6 nitrogen and oxygen atoms in total. The highest BCUT2D eigenvalue weighted by molar-refractivity contribution is 6.54. The monoisotopic (exact) mass is 369 g/mol. The molecular formula is C19H16ClN3O3. The van der Waals surface area contributed by atoms with Gasteiger partial charge in [0, 0.05) is 30.6 Å². The van der Waals surface area contributed by atoms with Crippen LogP contribution in [-0.4, -0.2) is 34.2 Å². The van der Waals surface area contributed by atoms with Crippen LogP contribution in [0.4, 0.5) is 5.69 Å². The first-order valence-electron chi connectivity index (χ1n) is 8.23. The quantitative estimate of drug-likeness (QED) is 0.598. The van der Waals surface area contributed by atoms with Crippen molar-refractivity contribution < 1.29 is 14.8 Å². The van der Waals surface area contributed by atoms with Gasteiger partial charge in [-0.2, -0.15) is 0 Å². The first-order valence-corrected chi connectivity index (χ1v) is 8.61. The Morgan fingerprint density at radius 3 is 2.62 bits per heavy atom. The van der Waals surface area contributed by atoms with Gasteiger partial charge in [0.05, 0.1) is 5.69 Å². The SMILES string of the molecule is CC(=O)N1CCc2c(-c3ccc(Cl)cc3)cc3c(c2C1)NC(=O)/C3=N\O. The number of halogens is 1. The molecule has 0 spiro atoms. The molecule has 26 heavy (non-hydrogen) atoms. The molecule has 0 aromatic heterocycles. The average molecular weight is 370 g/mol. The molecule has 0 saturated heterocycles. The molecule has 2 N–H and O–H groups in total. The van der Waals surface area contributed by atoms with Gasteiger partial charge in [0.15, 0.2) is 5.71 Å². The van der Waals surface area contributed by atoms with Crippen LogP contribution in [0.2, 0.25) is 5.02 Å². The summed E-state index contributed by atoms with van der Waals surface area (Å²) in [6.45, 7) is 2.57. The standard InChI is InChI=1S/C19H16ClN3O3/c1-10(24)23-7-6-13-14(11-2-4-12(20)5-3-11)8-15-17(16(13)9-23)21-19(25)18(15)22-26/h2-5,8,26H,6-7,9H2,1H3,(H,21,22,25). The second-order valence-corrected chi connectivity index (χ2v) is 6.84. The minimum atomic E-state index is -0.446. The van der Waals surface area contributed by atoms with E-state index in [2.05, 4.69) is 10.5 Å². The van der Waals surface area contributed by atoms with Crippen molar-refractivity contribution in [2.75, 3.05) is 11.9 Å². The van der Waals surface area contributed by atoms with Gasteiger partial charge in [-0.25, -0.2) is 0 Å². The van der Waals surface area contributed by atoms with E-state index in [9.17, 15) is 14.8 Å². The summed E-state index contributed by atoms with van der Waals surface area (Å²) in [6.07, 6.45) is 0.682. The third-order valence-corrected chi connectivity index (χ3v) is 5.19. The second kappa shape index (κ2) is 6.14. The lowest BCUT2D eigenvalue weighted by atomic mass is 9.87. The van der Waals surface area contributed by atoms with Crippen molar-refractivity contribution in [2.24, 2.45) is 5.16 Å². The number of rotatable bonds is 1. The summed E-state index contributed by atoms with van der Waals surface area (Å²) < 4.78 is 0. The van der Waals surface area contributed by atoms with Crippen LogP contribution >= 0.6 is 11.6 Å². The van der Waals surface area contributed by atoms with E-state index in [-0.39, 0.29) is 11.6 Å². The fourth-order valence-electron chi connectivity index (χ4n) is 3.64. The van der Waals surface area contributed by atoms with Crippen molar-refractivity contribution in [3.63, 3.8) is 0 Å². The molecular weight excluding hydrogens is 354 g/mol. The molecule has 4 rings (SSSR count).